The molecule has 1 heterocycles. The van der Waals surface area contributed by atoms with Crippen molar-refractivity contribution in [1.29, 1.82) is 0 Å². The Bertz CT molecular complexity index is 759. The number of aromatic hydroxyl groups is 1. The second kappa shape index (κ2) is 4.93. The normalized spacial score (nSPS) is 10.9. The number of benzene rings is 2. The minimum atomic E-state index is 0.219. The van der Waals surface area contributed by atoms with Crippen molar-refractivity contribution < 1.29 is 9.84 Å². The van der Waals surface area contributed by atoms with Crippen LogP contribution in [0.1, 0.15) is 11.1 Å². The van der Waals surface area contributed by atoms with Crippen molar-refractivity contribution in [2.75, 3.05) is 0 Å². The van der Waals surface area contributed by atoms with Crippen LogP contribution < -0.4 is 4.74 Å². The molecule has 0 saturated carbocycles. The first kappa shape index (κ1) is 12.6. The molecule has 3 nitrogen and oxygen atoms in total. The van der Waals surface area contributed by atoms with Gasteiger partial charge in [-0.2, -0.15) is 0 Å². The highest BCUT2D eigenvalue weighted by molar-refractivity contribution is 5.86. The van der Waals surface area contributed by atoms with Gasteiger partial charge in [0.1, 0.15) is 18.1 Å². The van der Waals surface area contributed by atoms with E-state index in [4.69, 9.17) is 4.74 Å². The van der Waals surface area contributed by atoms with E-state index in [1.807, 2.05) is 13.1 Å². The molecule has 3 aromatic rings. The number of fused-ring (bicyclic) bond motifs is 1. The summed E-state index contributed by atoms with van der Waals surface area (Å²) in [6, 6.07) is 13.2. The van der Waals surface area contributed by atoms with Gasteiger partial charge in [0, 0.05) is 30.3 Å². The second-order valence-electron chi connectivity index (χ2n) is 5.02. The Labute approximate surface area is 118 Å². The largest absolute Gasteiger partial charge is 0.508 e. The molecule has 0 aliphatic heterocycles. The second-order valence-corrected chi connectivity index (χ2v) is 5.02. The lowest BCUT2D eigenvalue weighted by molar-refractivity contribution is 0.305. The summed E-state index contributed by atoms with van der Waals surface area (Å²) in [6.45, 7) is 2.60. The molecule has 3 rings (SSSR count). The molecule has 0 aliphatic rings. The number of aromatic nitrogens is 1. The third-order valence-electron chi connectivity index (χ3n) is 3.50. The van der Waals surface area contributed by atoms with Gasteiger partial charge >= 0.3 is 0 Å². The quantitative estimate of drug-likeness (QED) is 0.783. The summed E-state index contributed by atoms with van der Waals surface area (Å²) in [7, 11) is 2.05. The van der Waals surface area contributed by atoms with Crippen LogP contribution in [0.4, 0.5) is 0 Å². The first-order chi connectivity index (χ1) is 9.65. The Morgan fingerprint density at radius 3 is 2.75 bits per heavy atom. The number of ether oxygens (including phenoxy) is 1. The maximum atomic E-state index is 9.44. The molecule has 2 aromatic carbocycles. The van der Waals surface area contributed by atoms with E-state index in [9.17, 15) is 5.11 Å². The van der Waals surface area contributed by atoms with Crippen LogP contribution in [0.2, 0.25) is 0 Å². The minimum absolute atomic E-state index is 0.219. The SMILES string of the molecule is Cc1cccc2c(COc3cccc(O)c3)cn(C)c12. The van der Waals surface area contributed by atoms with Gasteiger partial charge < -0.3 is 14.4 Å². The van der Waals surface area contributed by atoms with E-state index in [0.717, 1.165) is 5.56 Å². The van der Waals surface area contributed by atoms with Crippen LogP contribution in [0.3, 0.4) is 0 Å². The van der Waals surface area contributed by atoms with E-state index >= 15 is 0 Å². The maximum Gasteiger partial charge on any atom is 0.123 e. The Morgan fingerprint density at radius 2 is 1.95 bits per heavy atom. The number of phenolic OH excluding ortho intramolecular Hbond substituents is 1. The Hall–Kier alpha value is -2.42. The van der Waals surface area contributed by atoms with Crippen LogP contribution in [0, 0.1) is 6.92 Å². The van der Waals surface area contributed by atoms with Gasteiger partial charge in [0.15, 0.2) is 0 Å². The zero-order valence-electron chi connectivity index (χ0n) is 11.6. The summed E-state index contributed by atoms with van der Waals surface area (Å²) in [4.78, 5) is 0. The number of phenols is 1. The molecule has 0 saturated heterocycles. The van der Waals surface area contributed by atoms with E-state index in [1.165, 1.54) is 16.5 Å². The highest BCUT2D eigenvalue weighted by Gasteiger charge is 2.08. The summed E-state index contributed by atoms with van der Waals surface area (Å²) in [5.41, 5.74) is 3.64. The molecule has 0 spiro atoms. The predicted octanol–water partition coefficient (Wildman–Crippen LogP) is 3.77. The lowest BCUT2D eigenvalue weighted by atomic mass is 10.1. The third-order valence-corrected chi connectivity index (χ3v) is 3.50. The van der Waals surface area contributed by atoms with Gasteiger partial charge in [0.25, 0.3) is 0 Å². The van der Waals surface area contributed by atoms with Crippen molar-refractivity contribution in [2.24, 2.45) is 7.05 Å². The van der Waals surface area contributed by atoms with Gasteiger partial charge in [-0.3, -0.25) is 0 Å². The van der Waals surface area contributed by atoms with E-state index < -0.39 is 0 Å². The summed E-state index contributed by atoms with van der Waals surface area (Å²) in [5.74, 6) is 0.894. The fourth-order valence-corrected chi connectivity index (χ4v) is 2.60. The summed E-state index contributed by atoms with van der Waals surface area (Å²) in [6.07, 6.45) is 2.10. The number of hydrogen-bond donors (Lipinski definition) is 1. The Balaban J connectivity index is 1.90. The van der Waals surface area contributed by atoms with Gasteiger partial charge in [-0.05, 0) is 24.6 Å². The standard InChI is InChI=1S/C17H17NO2/c1-12-5-3-8-16-13(10-18(2)17(12)16)11-20-15-7-4-6-14(19)9-15/h3-10,19H,11H2,1-2H3. The van der Waals surface area contributed by atoms with Crippen molar-refractivity contribution in [3.8, 4) is 11.5 Å². The van der Waals surface area contributed by atoms with Crippen LogP contribution in [0.25, 0.3) is 10.9 Å². The van der Waals surface area contributed by atoms with Crippen molar-refractivity contribution >= 4 is 10.9 Å². The van der Waals surface area contributed by atoms with Crippen molar-refractivity contribution in [1.82, 2.24) is 4.57 Å². The number of aryl methyl sites for hydroxylation is 2. The van der Waals surface area contributed by atoms with Gasteiger partial charge in [0.2, 0.25) is 0 Å². The molecule has 0 atom stereocenters. The Kier molecular flexibility index (Phi) is 3.11. The van der Waals surface area contributed by atoms with Crippen LogP contribution in [-0.4, -0.2) is 9.67 Å². The molecule has 0 bridgehead atoms. The number of nitrogens with zero attached hydrogens (tertiary/aromatic N) is 1. The van der Waals surface area contributed by atoms with E-state index in [-0.39, 0.29) is 5.75 Å². The summed E-state index contributed by atoms with van der Waals surface area (Å²) < 4.78 is 7.89. The summed E-state index contributed by atoms with van der Waals surface area (Å²) in [5, 5.41) is 10.7. The molecule has 102 valence electrons. The lowest BCUT2D eigenvalue weighted by Crippen LogP contribution is -1.94. The predicted molar refractivity (Wildman–Crippen MR) is 80.1 cm³/mol. The molecule has 3 heteroatoms. The zero-order chi connectivity index (χ0) is 14.1. The highest BCUT2D eigenvalue weighted by Crippen LogP contribution is 2.25. The van der Waals surface area contributed by atoms with Crippen LogP contribution >= 0.6 is 0 Å². The molecule has 0 fully saturated rings. The minimum Gasteiger partial charge on any atom is -0.508 e. The average molecular weight is 267 g/mol. The van der Waals surface area contributed by atoms with Crippen molar-refractivity contribution in [3.63, 3.8) is 0 Å². The molecule has 0 amide bonds. The van der Waals surface area contributed by atoms with Crippen LogP contribution in [0.5, 0.6) is 11.5 Å². The monoisotopic (exact) mass is 267 g/mol. The maximum absolute atomic E-state index is 9.44. The summed E-state index contributed by atoms with van der Waals surface area (Å²) >= 11 is 0. The molecule has 1 N–H and O–H groups in total. The molecule has 0 unspecified atom stereocenters. The van der Waals surface area contributed by atoms with Crippen molar-refractivity contribution in [3.05, 3.63) is 59.8 Å². The van der Waals surface area contributed by atoms with Gasteiger partial charge in [-0.25, -0.2) is 0 Å². The van der Waals surface area contributed by atoms with E-state index in [0.29, 0.717) is 12.4 Å². The molecule has 0 radical (unpaired) electrons. The zero-order valence-corrected chi connectivity index (χ0v) is 11.6. The van der Waals surface area contributed by atoms with Gasteiger partial charge in [-0.1, -0.05) is 24.3 Å². The fourth-order valence-electron chi connectivity index (χ4n) is 2.60. The lowest BCUT2D eigenvalue weighted by Gasteiger charge is -2.05. The third kappa shape index (κ3) is 2.23. The molecule has 0 aliphatic carbocycles. The Morgan fingerprint density at radius 1 is 1.15 bits per heavy atom. The topological polar surface area (TPSA) is 34.4 Å². The van der Waals surface area contributed by atoms with Gasteiger partial charge in [-0.15, -0.1) is 0 Å². The van der Waals surface area contributed by atoms with Crippen LogP contribution in [-0.2, 0) is 13.7 Å². The highest BCUT2D eigenvalue weighted by atomic mass is 16.5. The molecule has 20 heavy (non-hydrogen) atoms. The fraction of sp³-hybridized carbons (Fsp3) is 0.176. The number of hydrogen-bond acceptors (Lipinski definition) is 2. The van der Waals surface area contributed by atoms with E-state index in [1.54, 1.807) is 18.2 Å². The first-order valence-corrected chi connectivity index (χ1v) is 6.60. The van der Waals surface area contributed by atoms with Gasteiger partial charge in [0.05, 0.1) is 5.52 Å². The molecular formula is C17H17NO2. The smallest absolute Gasteiger partial charge is 0.123 e. The van der Waals surface area contributed by atoms with Crippen LogP contribution in [0.15, 0.2) is 48.7 Å². The number of para-hydroxylation sites is 1. The molecular weight excluding hydrogens is 250 g/mol. The first-order valence-electron chi connectivity index (χ1n) is 6.60. The average Bonchev–Trinajstić information content (AvgIpc) is 2.75. The van der Waals surface area contributed by atoms with Crippen molar-refractivity contribution in [2.45, 2.75) is 13.5 Å². The molecule has 1 aromatic heterocycles. The van der Waals surface area contributed by atoms with E-state index in [2.05, 4.69) is 35.9 Å². The number of rotatable bonds is 3.